The van der Waals surface area contributed by atoms with Gasteiger partial charge in [-0.25, -0.2) is 0 Å². The lowest BCUT2D eigenvalue weighted by atomic mass is 10.3. The fraction of sp³-hybridized carbons (Fsp3) is 1.00. The molecule has 2 nitrogen and oxygen atoms in total. The first-order valence-electron chi connectivity index (χ1n) is 6.05. The number of nitrogens with zero attached hydrogens (tertiary/aromatic N) is 2. The largest absolute Gasteiger partial charge is 0.259 e. The quantitative estimate of drug-likeness (QED) is 0.637. The third-order valence-electron chi connectivity index (χ3n) is 2.32. The Hall–Kier alpha value is 0.350. The lowest BCUT2D eigenvalue weighted by molar-refractivity contribution is 0.267. The highest BCUT2D eigenvalue weighted by molar-refractivity contribution is 7.32. The summed E-state index contributed by atoms with van der Waals surface area (Å²) in [6.07, 6.45) is 0. The first-order valence-corrected chi connectivity index (χ1v) is 6.85. The molecule has 0 aromatic carbocycles. The first-order chi connectivity index (χ1) is 6.77. The molecule has 91 valence electrons. The normalized spacial score (nSPS) is 13.2. The molecule has 0 unspecified atom stereocenters. The second-order valence-electron chi connectivity index (χ2n) is 5.22. The predicted molar refractivity (Wildman–Crippen MR) is 71.1 cm³/mol. The Balaban J connectivity index is 4.48. The molecule has 0 N–H and O–H groups in total. The maximum Gasteiger partial charge on any atom is 0.0985 e. The van der Waals surface area contributed by atoms with Gasteiger partial charge in [-0.3, -0.25) is 9.34 Å². The van der Waals surface area contributed by atoms with Crippen LogP contribution >= 0.6 is 8.88 Å². The summed E-state index contributed by atoms with van der Waals surface area (Å²) in [5.41, 5.74) is 0. The van der Waals surface area contributed by atoms with Crippen LogP contribution in [-0.4, -0.2) is 33.5 Å². The number of hydrogen-bond acceptors (Lipinski definition) is 2. The van der Waals surface area contributed by atoms with Crippen LogP contribution < -0.4 is 0 Å². The average molecular weight is 231 g/mol. The molecule has 0 atom stereocenters. The highest BCUT2D eigenvalue weighted by atomic mass is 31.1. The lowest BCUT2D eigenvalue weighted by Crippen LogP contribution is -2.38. The van der Waals surface area contributed by atoms with E-state index in [9.17, 15) is 0 Å². The second-order valence-corrected chi connectivity index (χ2v) is 6.33. The van der Waals surface area contributed by atoms with Crippen LogP contribution in [0.4, 0.5) is 0 Å². The van der Waals surface area contributed by atoms with Gasteiger partial charge in [0.15, 0.2) is 0 Å². The minimum Gasteiger partial charge on any atom is -0.259 e. The minimum absolute atomic E-state index is 0.603. The number of rotatable bonds is 6. The SMILES string of the molecule is CC(C)N([P]N(C(C)C)C(C)C)C(C)C. The molecule has 0 aromatic heterocycles. The highest BCUT2D eigenvalue weighted by Gasteiger charge is 2.22. The van der Waals surface area contributed by atoms with E-state index in [1.165, 1.54) is 8.88 Å². The van der Waals surface area contributed by atoms with Crippen LogP contribution in [-0.2, 0) is 0 Å². The van der Waals surface area contributed by atoms with Crippen molar-refractivity contribution in [3.8, 4) is 0 Å². The van der Waals surface area contributed by atoms with E-state index in [2.05, 4.69) is 64.7 Å². The molecule has 3 heteroatoms. The van der Waals surface area contributed by atoms with E-state index < -0.39 is 0 Å². The van der Waals surface area contributed by atoms with Crippen molar-refractivity contribution < 1.29 is 0 Å². The summed E-state index contributed by atoms with van der Waals surface area (Å²) in [6, 6.07) is 2.41. The third-order valence-corrected chi connectivity index (χ3v) is 4.58. The van der Waals surface area contributed by atoms with Gasteiger partial charge in [-0.2, -0.15) is 0 Å². The molecule has 0 heterocycles. The van der Waals surface area contributed by atoms with Gasteiger partial charge in [-0.15, -0.1) is 0 Å². The van der Waals surface area contributed by atoms with E-state index in [-0.39, 0.29) is 0 Å². The zero-order chi connectivity index (χ0) is 12.2. The van der Waals surface area contributed by atoms with Gasteiger partial charge in [0.2, 0.25) is 0 Å². The van der Waals surface area contributed by atoms with Crippen LogP contribution in [0, 0.1) is 0 Å². The molecule has 0 saturated heterocycles. The summed E-state index contributed by atoms with van der Waals surface area (Å²) in [6.45, 7) is 18.2. The van der Waals surface area contributed by atoms with E-state index >= 15 is 0 Å². The van der Waals surface area contributed by atoms with E-state index in [0.29, 0.717) is 24.2 Å². The van der Waals surface area contributed by atoms with Crippen LogP contribution in [0.15, 0.2) is 0 Å². The topological polar surface area (TPSA) is 6.48 Å². The molecule has 0 amide bonds. The van der Waals surface area contributed by atoms with Crippen LogP contribution in [0.2, 0.25) is 0 Å². The van der Waals surface area contributed by atoms with Crippen LogP contribution in [0.1, 0.15) is 55.4 Å². The Bertz CT molecular complexity index is 133. The molecule has 1 radical (unpaired) electrons. The average Bonchev–Trinajstić information content (AvgIpc) is 2.01. The molecule has 15 heavy (non-hydrogen) atoms. The van der Waals surface area contributed by atoms with Crippen molar-refractivity contribution in [3.63, 3.8) is 0 Å². The smallest absolute Gasteiger partial charge is 0.0985 e. The highest BCUT2D eigenvalue weighted by Crippen LogP contribution is 2.32. The zero-order valence-corrected chi connectivity index (χ0v) is 12.5. The number of hydrogen-bond donors (Lipinski definition) is 0. The third kappa shape index (κ3) is 5.29. The van der Waals surface area contributed by atoms with Crippen molar-refractivity contribution in [2.24, 2.45) is 0 Å². The molecule has 0 aliphatic carbocycles. The van der Waals surface area contributed by atoms with Crippen molar-refractivity contribution in [2.75, 3.05) is 0 Å². The van der Waals surface area contributed by atoms with Gasteiger partial charge in [0.25, 0.3) is 0 Å². The first kappa shape index (κ1) is 15.3. The summed E-state index contributed by atoms with van der Waals surface area (Å²) in [5.74, 6) is 0. The molecule has 0 aromatic rings. The van der Waals surface area contributed by atoms with Crippen LogP contribution in [0.3, 0.4) is 0 Å². The zero-order valence-electron chi connectivity index (χ0n) is 11.7. The molecular weight excluding hydrogens is 203 g/mol. The minimum atomic E-state index is 0.603. The van der Waals surface area contributed by atoms with Crippen molar-refractivity contribution in [1.82, 2.24) is 9.34 Å². The van der Waals surface area contributed by atoms with Gasteiger partial charge in [0, 0.05) is 24.2 Å². The Morgan fingerprint density at radius 1 is 0.533 bits per heavy atom. The fourth-order valence-corrected chi connectivity index (χ4v) is 2.79. The summed E-state index contributed by atoms with van der Waals surface area (Å²) >= 11 is 0. The van der Waals surface area contributed by atoms with E-state index in [1.807, 2.05) is 0 Å². The predicted octanol–water partition coefficient (Wildman–Crippen LogP) is 4.00. The van der Waals surface area contributed by atoms with Crippen LogP contribution in [0.5, 0.6) is 0 Å². The second kappa shape index (κ2) is 6.83. The Morgan fingerprint density at radius 3 is 0.867 bits per heavy atom. The lowest BCUT2D eigenvalue weighted by Gasteiger charge is -2.38. The molecule has 0 saturated carbocycles. The van der Waals surface area contributed by atoms with Gasteiger partial charge in [-0.05, 0) is 55.4 Å². The molecule has 0 bridgehead atoms. The maximum atomic E-state index is 2.51. The fourth-order valence-electron chi connectivity index (χ4n) is 1.72. The standard InChI is InChI=1S/C12H28N2P/c1-9(2)13(10(3)4)15-14(11(5)6)12(7)8/h9-12H,1-8H3. The monoisotopic (exact) mass is 231 g/mol. The van der Waals surface area contributed by atoms with Crippen molar-refractivity contribution in [2.45, 2.75) is 79.6 Å². The Morgan fingerprint density at radius 2 is 0.733 bits per heavy atom. The summed E-state index contributed by atoms with van der Waals surface area (Å²) in [4.78, 5) is 0. The summed E-state index contributed by atoms with van der Waals surface area (Å²) < 4.78 is 5.03. The van der Waals surface area contributed by atoms with Gasteiger partial charge >= 0.3 is 0 Å². The maximum absolute atomic E-state index is 2.51. The van der Waals surface area contributed by atoms with E-state index in [1.54, 1.807) is 0 Å². The van der Waals surface area contributed by atoms with Gasteiger partial charge < -0.3 is 0 Å². The summed E-state index contributed by atoms with van der Waals surface area (Å²) in [5, 5.41) is 0. The van der Waals surface area contributed by atoms with Gasteiger partial charge in [0.1, 0.15) is 0 Å². The molecule has 0 aliphatic rings. The Kier molecular flexibility index (Phi) is 6.99. The molecule has 0 rings (SSSR count). The molecule has 0 aliphatic heterocycles. The van der Waals surface area contributed by atoms with E-state index in [4.69, 9.17) is 0 Å². The van der Waals surface area contributed by atoms with Gasteiger partial charge in [0.05, 0.1) is 8.88 Å². The van der Waals surface area contributed by atoms with Crippen molar-refractivity contribution in [1.29, 1.82) is 0 Å². The Labute approximate surface area is 98.3 Å². The molecule has 0 spiro atoms. The van der Waals surface area contributed by atoms with Gasteiger partial charge in [-0.1, -0.05) is 0 Å². The van der Waals surface area contributed by atoms with Crippen molar-refractivity contribution in [3.05, 3.63) is 0 Å². The molecular formula is C12H28N2P. The van der Waals surface area contributed by atoms with Crippen molar-refractivity contribution >= 4 is 8.88 Å². The van der Waals surface area contributed by atoms with Crippen LogP contribution in [0.25, 0.3) is 0 Å². The molecule has 0 fully saturated rings. The summed E-state index contributed by atoms with van der Waals surface area (Å²) in [7, 11) is 1.35. The van der Waals surface area contributed by atoms with E-state index in [0.717, 1.165) is 0 Å².